The standard InChI is InChI=1S/C17H19ClN8O2S/c1-9-7-25(17(27)21-10-3-4-11(28-2)22-13(10)18)5-6-26(9)14-12-15(29-8-20-12)24-16(19)23-14/h3-4,8-9H,5-7H2,1-2H3,(H,21,27)(H2,19,23,24)/t9-/m0/s1. The molecule has 4 heterocycles. The lowest BCUT2D eigenvalue weighted by atomic mass is 10.2. The Labute approximate surface area is 175 Å². The number of fused-ring (bicyclic) bond motifs is 1. The second-order valence-corrected chi connectivity index (χ2v) is 7.71. The third kappa shape index (κ3) is 3.83. The number of hydrogen-bond donors (Lipinski definition) is 2. The second-order valence-electron chi connectivity index (χ2n) is 6.52. The van der Waals surface area contributed by atoms with Gasteiger partial charge in [0.15, 0.2) is 15.8 Å². The molecule has 2 amide bonds. The lowest BCUT2D eigenvalue weighted by Crippen LogP contribution is -2.55. The van der Waals surface area contributed by atoms with Crippen LogP contribution in [0.15, 0.2) is 17.6 Å². The molecule has 3 N–H and O–H groups in total. The van der Waals surface area contributed by atoms with Crippen LogP contribution >= 0.6 is 22.9 Å². The number of rotatable bonds is 3. The van der Waals surface area contributed by atoms with Gasteiger partial charge in [-0.15, -0.1) is 11.3 Å². The molecule has 10 nitrogen and oxygen atoms in total. The van der Waals surface area contributed by atoms with E-state index in [2.05, 4.69) is 30.2 Å². The number of carbonyl (C=O) groups excluding carboxylic acids is 1. The monoisotopic (exact) mass is 434 g/mol. The molecule has 29 heavy (non-hydrogen) atoms. The van der Waals surface area contributed by atoms with E-state index in [1.807, 2.05) is 6.92 Å². The number of pyridine rings is 1. The summed E-state index contributed by atoms with van der Waals surface area (Å²) in [6, 6.07) is 3.07. The fraction of sp³-hybridized carbons (Fsp3) is 0.353. The fourth-order valence-corrected chi connectivity index (χ4v) is 4.09. The number of carbonyl (C=O) groups is 1. The van der Waals surface area contributed by atoms with Gasteiger partial charge in [0.1, 0.15) is 5.52 Å². The number of anilines is 3. The zero-order valence-electron chi connectivity index (χ0n) is 15.8. The van der Waals surface area contributed by atoms with Crippen LogP contribution in [0.1, 0.15) is 6.92 Å². The van der Waals surface area contributed by atoms with Gasteiger partial charge in [-0.25, -0.2) is 14.8 Å². The predicted octanol–water partition coefficient (Wildman–Crippen LogP) is 2.47. The van der Waals surface area contributed by atoms with E-state index in [1.165, 1.54) is 18.4 Å². The Hall–Kier alpha value is -2.92. The summed E-state index contributed by atoms with van der Waals surface area (Å²) in [7, 11) is 1.50. The van der Waals surface area contributed by atoms with Gasteiger partial charge < -0.3 is 25.6 Å². The minimum absolute atomic E-state index is 0.0122. The van der Waals surface area contributed by atoms with Gasteiger partial charge in [-0.05, 0) is 13.0 Å². The number of nitrogens with zero attached hydrogens (tertiary/aromatic N) is 6. The van der Waals surface area contributed by atoms with Crippen molar-refractivity contribution in [3.63, 3.8) is 0 Å². The van der Waals surface area contributed by atoms with Gasteiger partial charge in [0.25, 0.3) is 0 Å². The number of nitrogens with one attached hydrogen (secondary N) is 1. The first kappa shape index (κ1) is 19.4. The highest BCUT2D eigenvalue weighted by Gasteiger charge is 2.30. The first-order valence-corrected chi connectivity index (χ1v) is 10.1. The van der Waals surface area contributed by atoms with E-state index in [1.54, 1.807) is 22.5 Å². The molecule has 0 aliphatic carbocycles. The molecule has 1 aliphatic heterocycles. The molecule has 152 valence electrons. The quantitative estimate of drug-likeness (QED) is 0.602. The molecule has 4 rings (SSSR count). The number of urea groups is 1. The van der Waals surface area contributed by atoms with Crippen molar-refractivity contribution in [3.05, 3.63) is 22.8 Å². The summed E-state index contributed by atoms with van der Waals surface area (Å²) in [6.07, 6.45) is 0. The molecule has 0 bridgehead atoms. The van der Waals surface area contributed by atoms with E-state index in [0.717, 1.165) is 10.3 Å². The summed E-state index contributed by atoms with van der Waals surface area (Å²) >= 11 is 7.54. The Morgan fingerprint density at radius 2 is 2.17 bits per heavy atom. The van der Waals surface area contributed by atoms with Crippen LogP contribution in [0.5, 0.6) is 5.88 Å². The van der Waals surface area contributed by atoms with Crippen molar-refractivity contribution in [1.82, 2.24) is 24.8 Å². The van der Waals surface area contributed by atoms with Gasteiger partial charge in [0.05, 0.1) is 18.3 Å². The first-order chi connectivity index (χ1) is 14.0. The summed E-state index contributed by atoms with van der Waals surface area (Å²) in [5.41, 5.74) is 8.74. The van der Waals surface area contributed by atoms with Crippen LogP contribution in [0.2, 0.25) is 5.15 Å². The third-order valence-electron chi connectivity index (χ3n) is 4.66. The molecule has 0 saturated carbocycles. The number of aromatic nitrogens is 4. The van der Waals surface area contributed by atoms with Crippen molar-refractivity contribution < 1.29 is 9.53 Å². The Kier molecular flexibility index (Phi) is 5.24. The average Bonchev–Trinajstić information content (AvgIpc) is 3.17. The van der Waals surface area contributed by atoms with Crippen molar-refractivity contribution in [2.75, 3.05) is 42.7 Å². The van der Waals surface area contributed by atoms with E-state index >= 15 is 0 Å². The number of amides is 2. The Morgan fingerprint density at radius 1 is 1.34 bits per heavy atom. The lowest BCUT2D eigenvalue weighted by Gasteiger charge is -2.40. The Morgan fingerprint density at radius 3 is 2.90 bits per heavy atom. The van der Waals surface area contributed by atoms with Crippen LogP contribution in [-0.4, -0.2) is 63.7 Å². The van der Waals surface area contributed by atoms with E-state index in [9.17, 15) is 4.79 Å². The molecule has 3 aromatic heterocycles. The molecule has 0 unspecified atom stereocenters. The number of hydrogen-bond acceptors (Lipinski definition) is 9. The molecule has 1 atom stereocenters. The number of methoxy groups -OCH3 is 1. The molecule has 1 saturated heterocycles. The highest BCUT2D eigenvalue weighted by atomic mass is 35.5. The highest BCUT2D eigenvalue weighted by molar-refractivity contribution is 7.16. The SMILES string of the molecule is COc1ccc(NC(=O)N2CCN(c3nc(N)nc4scnc34)[C@@H](C)C2)c(Cl)n1. The van der Waals surface area contributed by atoms with Crippen LogP contribution in [0.25, 0.3) is 10.3 Å². The molecule has 0 aromatic carbocycles. The largest absolute Gasteiger partial charge is 0.481 e. The zero-order valence-corrected chi connectivity index (χ0v) is 17.4. The summed E-state index contributed by atoms with van der Waals surface area (Å²) in [6.45, 7) is 3.62. The van der Waals surface area contributed by atoms with Gasteiger partial charge in [0, 0.05) is 31.7 Å². The summed E-state index contributed by atoms with van der Waals surface area (Å²) in [4.78, 5) is 34.3. The van der Waals surface area contributed by atoms with Crippen molar-refractivity contribution in [1.29, 1.82) is 0 Å². The number of nitrogens with two attached hydrogens (primary N) is 1. The molecule has 3 aromatic rings. The van der Waals surface area contributed by atoms with E-state index in [4.69, 9.17) is 22.1 Å². The van der Waals surface area contributed by atoms with Gasteiger partial charge in [-0.2, -0.15) is 9.97 Å². The number of ether oxygens (including phenoxy) is 1. The van der Waals surface area contributed by atoms with Gasteiger partial charge in [0.2, 0.25) is 11.8 Å². The van der Waals surface area contributed by atoms with E-state index < -0.39 is 0 Å². The second kappa shape index (κ2) is 7.84. The van der Waals surface area contributed by atoms with Crippen molar-refractivity contribution >= 4 is 56.8 Å². The van der Waals surface area contributed by atoms with Gasteiger partial charge in [-0.1, -0.05) is 11.6 Å². The maximum absolute atomic E-state index is 12.7. The van der Waals surface area contributed by atoms with Crippen LogP contribution < -0.4 is 20.7 Å². The Bertz CT molecular complexity index is 1060. The summed E-state index contributed by atoms with van der Waals surface area (Å²) in [5, 5.41) is 2.98. The van der Waals surface area contributed by atoms with Crippen LogP contribution in [0, 0.1) is 0 Å². The third-order valence-corrected chi connectivity index (χ3v) is 5.66. The molecule has 0 spiro atoms. The highest BCUT2D eigenvalue weighted by Crippen LogP contribution is 2.29. The molecule has 1 fully saturated rings. The maximum Gasteiger partial charge on any atom is 0.322 e. The van der Waals surface area contributed by atoms with Gasteiger partial charge in [-0.3, -0.25) is 0 Å². The van der Waals surface area contributed by atoms with Crippen LogP contribution in [-0.2, 0) is 0 Å². The molecular formula is C17H19ClN8O2S. The van der Waals surface area contributed by atoms with Crippen LogP contribution in [0.4, 0.5) is 22.2 Å². The minimum Gasteiger partial charge on any atom is -0.481 e. The van der Waals surface area contributed by atoms with Crippen LogP contribution in [0.3, 0.4) is 0 Å². The fourth-order valence-electron chi connectivity index (χ4n) is 3.24. The number of piperazine rings is 1. The molecule has 0 radical (unpaired) electrons. The van der Waals surface area contributed by atoms with Crippen molar-refractivity contribution in [2.45, 2.75) is 13.0 Å². The number of thiazole rings is 1. The Balaban J connectivity index is 1.47. The molecule has 12 heteroatoms. The summed E-state index contributed by atoms with van der Waals surface area (Å²) < 4.78 is 5.02. The van der Waals surface area contributed by atoms with Crippen molar-refractivity contribution in [3.8, 4) is 5.88 Å². The first-order valence-electron chi connectivity index (χ1n) is 8.86. The minimum atomic E-state index is -0.244. The van der Waals surface area contributed by atoms with E-state index in [-0.39, 0.29) is 23.2 Å². The van der Waals surface area contributed by atoms with Crippen molar-refractivity contribution in [2.24, 2.45) is 0 Å². The molecule has 1 aliphatic rings. The van der Waals surface area contributed by atoms with Gasteiger partial charge >= 0.3 is 6.03 Å². The smallest absolute Gasteiger partial charge is 0.322 e. The summed E-state index contributed by atoms with van der Waals surface area (Å²) in [5.74, 6) is 1.29. The maximum atomic E-state index is 12.7. The normalized spacial score (nSPS) is 16.9. The van der Waals surface area contributed by atoms with E-state index in [0.29, 0.717) is 37.0 Å². The average molecular weight is 435 g/mol. The molecular weight excluding hydrogens is 416 g/mol. The topological polar surface area (TPSA) is 122 Å². The lowest BCUT2D eigenvalue weighted by molar-refractivity contribution is 0.200. The number of halogens is 1. The number of nitrogen functional groups attached to an aromatic ring is 1. The zero-order chi connectivity index (χ0) is 20.5. The predicted molar refractivity (Wildman–Crippen MR) is 113 cm³/mol.